The van der Waals surface area contributed by atoms with Gasteiger partial charge < -0.3 is 5.32 Å². The molecule has 1 nitrogen and oxygen atoms in total. The molecule has 0 saturated heterocycles. The van der Waals surface area contributed by atoms with Crippen molar-refractivity contribution in [2.75, 3.05) is 6.54 Å². The average Bonchev–Trinajstić information content (AvgIpc) is 2.45. The number of nitrogens with one attached hydrogen (secondary N) is 1. The van der Waals surface area contributed by atoms with Crippen molar-refractivity contribution in [3.63, 3.8) is 0 Å². The lowest BCUT2D eigenvalue weighted by molar-refractivity contribution is 0.334. The van der Waals surface area contributed by atoms with Gasteiger partial charge in [0.1, 0.15) is 0 Å². The van der Waals surface area contributed by atoms with E-state index in [1.165, 1.54) is 56.2 Å². The molecule has 0 bridgehead atoms. The smallest absolute Gasteiger partial charge is 0.0205 e. The van der Waals surface area contributed by atoms with Crippen molar-refractivity contribution < 1.29 is 0 Å². The maximum absolute atomic E-state index is 3.59. The minimum atomic E-state index is 0.994. The highest BCUT2D eigenvalue weighted by molar-refractivity contribution is 5.22. The standard InChI is InChI=1S/C17H27N/c1-2-15-8-10-17(11-9-15)14-18-13-12-16-6-4-3-5-7-16/h8-11,16,18H,2-7,12-14H2,1H3. The van der Waals surface area contributed by atoms with Gasteiger partial charge in [-0.15, -0.1) is 0 Å². The van der Waals surface area contributed by atoms with E-state index >= 15 is 0 Å². The zero-order valence-corrected chi connectivity index (χ0v) is 11.8. The molecule has 1 aliphatic rings. The van der Waals surface area contributed by atoms with Gasteiger partial charge in [-0.3, -0.25) is 0 Å². The van der Waals surface area contributed by atoms with Gasteiger partial charge in [-0.2, -0.15) is 0 Å². The summed E-state index contributed by atoms with van der Waals surface area (Å²) >= 11 is 0. The minimum Gasteiger partial charge on any atom is -0.313 e. The number of hydrogen-bond acceptors (Lipinski definition) is 1. The Hall–Kier alpha value is -0.820. The lowest BCUT2D eigenvalue weighted by atomic mass is 9.87. The third-order valence-corrected chi connectivity index (χ3v) is 4.21. The molecule has 0 spiro atoms. The van der Waals surface area contributed by atoms with E-state index in [-0.39, 0.29) is 0 Å². The molecular weight excluding hydrogens is 218 g/mol. The van der Waals surface area contributed by atoms with Crippen LogP contribution < -0.4 is 5.32 Å². The Morgan fingerprint density at radius 1 is 1.00 bits per heavy atom. The maximum Gasteiger partial charge on any atom is 0.0205 e. The SMILES string of the molecule is CCc1ccc(CNCCC2CCCCC2)cc1. The summed E-state index contributed by atoms with van der Waals surface area (Å²) in [4.78, 5) is 0. The highest BCUT2D eigenvalue weighted by Crippen LogP contribution is 2.25. The van der Waals surface area contributed by atoms with Gasteiger partial charge in [0.15, 0.2) is 0 Å². The molecule has 0 heterocycles. The molecule has 1 saturated carbocycles. The summed E-state index contributed by atoms with van der Waals surface area (Å²) in [5.74, 6) is 0.994. The largest absolute Gasteiger partial charge is 0.313 e. The van der Waals surface area contributed by atoms with Crippen LogP contribution in [0, 0.1) is 5.92 Å². The lowest BCUT2D eigenvalue weighted by Crippen LogP contribution is -2.19. The van der Waals surface area contributed by atoms with Gasteiger partial charge in [0.2, 0.25) is 0 Å². The van der Waals surface area contributed by atoms with Crippen LogP contribution in [0.1, 0.15) is 56.6 Å². The first-order valence-corrected chi connectivity index (χ1v) is 7.67. The molecule has 1 fully saturated rings. The fourth-order valence-corrected chi connectivity index (χ4v) is 2.91. The molecule has 18 heavy (non-hydrogen) atoms. The maximum atomic E-state index is 3.59. The summed E-state index contributed by atoms with van der Waals surface area (Å²) in [5.41, 5.74) is 2.84. The topological polar surface area (TPSA) is 12.0 Å². The highest BCUT2D eigenvalue weighted by Gasteiger charge is 2.12. The molecule has 1 aliphatic carbocycles. The first-order valence-electron chi connectivity index (χ1n) is 7.67. The predicted molar refractivity (Wildman–Crippen MR) is 78.7 cm³/mol. The van der Waals surface area contributed by atoms with E-state index in [0.29, 0.717) is 0 Å². The van der Waals surface area contributed by atoms with Gasteiger partial charge >= 0.3 is 0 Å². The van der Waals surface area contributed by atoms with Crippen molar-refractivity contribution in [1.29, 1.82) is 0 Å². The van der Waals surface area contributed by atoms with Crippen LogP contribution in [0.15, 0.2) is 24.3 Å². The molecule has 2 rings (SSSR count). The van der Waals surface area contributed by atoms with E-state index in [1.54, 1.807) is 0 Å². The summed E-state index contributed by atoms with van der Waals surface area (Å²) in [6.45, 7) is 4.41. The Labute approximate surface area is 112 Å². The van der Waals surface area contributed by atoms with Crippen molar-refractivity contribution in [3.05, 3.63) is 35.4 Å². The molecular formula is C17H27N. The van der Waals surface area contributed by atoms with Gasteiger partial charge in [0.05, 0.1) is 0 Å². The quantitative estimate of drug-likeness (QED) is 0.736. The monoisotopic (exact) mass is 245 g/mol. The zero-order chi connectivity index (χ0) is 12.6. The Bertz CT molecular complexity index is 322. The molecule has 0 amide bonds. The van der Waals surface area contributed by atoms with E-state index < -0.39 is 0 Å². The normalized spacial score (nSPS) is 16.9. The molecule has 1 heteroatoms. The van der Waals surface area contributed by atoms with Gasteiger partial charge in [0, 0.05) is 6.54 Å². The van der Waals surface area contributed by atoms with E-state index in [2.05, 4.69) is 36.5 Å². The summed E-state index contributed by atoms with van der Waals surface area (Å²) in [7, 11) is 0. The molecule has 1 aromatic rings. The van der Waals surface area contributed by atoms with Crippen LogP contribution in [-0.2, 0) is 13.0 Å². The van der Waals surface area contributed by atoms with E-state index in [4.69, 9.17) is 0 Å². The van der Waals surface area contributed by atoms with Crippen LogP contribution >= 0.6 is 0 Å². The molecule has 0 unspecified atom stereocenters. The first-order chi connectivity index (χ1) is 8.88. The Morgan fingerprint density at radius 3 is 2.33 bits per heavy atom. The van der Waals surface area contributed by atoms with Gasteiger partial charge in [-0.1, -0.05) is 63.3 Å². The van der Waals surface area contributed by atoms with Crippen LogP contribution in [0.25, 0.3) is 0 Å². The van der Waals surface area contributed by atoms with Crippen LogP contribution in [0.5, 0.6) is 0 Å². The molecule has 0 aliphatic heterocycles. The molecule has 1 N–H and O–H groups in total. The Kier molecular flexibility index (Phi) is 5.73. The predicted octanol–water partition coefficient (Wildman–Crippen LogP) is 4.31. The molecule has 0 atom stereocenters. The van der Waals surface area contributed by atoms with Crippen molar-refractivity contribution in [3.8, 4) is 0 Å². The third kappa shape index (κ3) is 4.45. The second kappa shape index (κ2) is 7.58. The van der Waals surface area contributed by atoms with Gasteiger partial charge in [-0.05, 0) is 36.4 Å². The van der Waals surface area contributed by atoms with E-state index in [9.17, 15) is 0 Å². The number of hydrogen-bond donors (Lipinski definition) is 1. The van der Waals surface area contributed by atoms with E-state index in [1.807, 2.05) is 0 Å². The summed E-state index contributed by atoms with van der Waals surface area (Å²) < 4.78 is 0. The third-order valence-electron chi connectivity index (χ3n) is 4.21. The van der Waals surface area contributed by atoms with Gasteiger partial charge in [0.25, 0.3) is 0 Å². The number of aryl methyl sites for hydroxylation is 1. The number of rotatable bonds is 6. The fourth-order valence-electron chi connectivity index (χ4n) is 2.91. The van der Waals surface area contributed by atoms with Crippen molar-refractivity contribution >= 4 is 0 Å². The summed E-state index contributed by atoms with van der Waals surface area (Å²) in [6, 6.07) is 9.01. The Balaban J connectivity index is 1.62. The molecule has 0 radical (unpaired) electrons. The zero-order valence-electron chi connectivity index (χ0n) is 11.8. The molecule has 0 aromatic heterocycles. The lowest BCUT2D eigenvalue weighted by Gasteiger charge is -2.21. The molecule has 100 valence electrons. The fraction of sp³-hybridized carbons (Fsp3) is 0.647. The summed E-state index contributed by atoms with van der Waals surface area (Å²) in [6.07, 6.45) is 9.82. The van der Waals surface area contributed by atoms with Crippen molar-refractivity contribution in [2.24, 2.45) is 5.92 Å². The van der Waals surface area contributed by atoms with Crippen LogP contribution in [0.3, 0.4) is 0 Å². The van der Waals surface area contributed by atoms with Crippen LogP contribution in [0.2, 0.25) is 0 Å². The van der Waals surface area contributed by atoms with Crippen molar-refractivity contribution in [1.82, 2.24) is 5.32 Å². The Morgan fingerprint density at radius 2 is 1.67 bits per heavy atom. The highest BCUT2D eigenvalue weighted by atomic mass is 14.8. The van der Waals surface area contributed by atoms with Crippen LogP contribution in [0.4, 0.5) is 0 Å². The minimum absolute atomic E-state index is 0.994. The summed E-state index contributed by atoms with van der Waals surface area (Å²) in [5, 5.41) is 3.59. The van der Waals surface area contributed by atoms with Crippen LogP contribution in [-0.4, -0.2) is 6.54 Å². The number of benzene rings is 1. The second-order valence-corrected chi connectivity index (χ2v) is 5.64. The molecule has 1 aromatic carbocycles. The first kappa shape index (κ1) is 13.6. The van der Waals surface area contributed by atoms with Crippen molar-refractivity contribution in [2.45, 2.75) is 58.4 Å². The van der Waals surface area contributed by atoms with E-state index in [0.717, 1.165) is 18.9 Å². The van der Waals surface area contributed by atoms with Gasteiger partial charge in [-0.25, -0.2) is 0 Å². The second-order valence-electron chi connectivity index (χ2n) is 5.64. The average molecular weight is 245 g/mol.